The number of aryl methyl sites for hydroxylation is 1. The van der Waals surface area contributed by atoms with Gasteiger partial charge in [-0.3, -0.25) is 4.79 Å². The van der Waals surface area contributed by atoms with Gasteiger partial charge >= 0.3 is 5.97 Å². The van der Waals surface area contributed by atoms with Crippen molar-refractivity contribution in [2.24, 2.45) is 0 Å². The molecule has 5 heteroatoms. The van der Waals surface area contributed by atoms with Crippen LogP contribution in [0.5, 0.6) is 11.5 Å². The number of aromatic hydroxyl groups is 1. The van der Waals surface area contributed by atoms with Gasteiger partial charge in [0.05, 0.1) is 7.11 Å². The van der Waals surface area contributed by atoms with E-state index >= 15 is 0 Å². The Kier molecular flexibility index (Phi) is 6.55. The van der Waals surface area contributed by atoms with Gasteiger partial charge in [-0.1, -0.05) is 37.3 Å². The molecule has 0 saturated carbocycles. The minimum atomic E-state index is -0.881. The number of carbonyl (C=O) groups excluding carboxylic acids is 2. The third kappa shape index (κ3) is 4.96. The Bertz CT molecular complexity index is 806. The summed E-state index contributed by atoms with van der Waals surface area (Å²) in [5, 5.41) is 9.56. The average Bonchev–Trinajstić information content (AvgIpc) is 2.66. The van der Waals surface area contributed by atoms with E-state index in [9.17, 15) is 14.7 Å². The second-order valence-corrected chi connectivity index (χ2v) is 5.76. The Morgan fingerprint density at radius 3 is 2.46 bits per heavy atom. The van der Waals surface area contributed by atoms with Crippen molar-refractivity contribution in [2.45, 2.75) is 26.4 Å². The molecule has 0 aliphatic carbocycles. The normalized spacial score (nSPS) is 12.0. The molecular formula is C21H22O5. The maximum Gasteiger partial charge on any atom is 0.331 e. The molecule has 1 N–H and O–H groups in total. The lowest BCUT2D eigenvalue weighted by molar-refractivity contribution is -0.140. The van der Waals surface area contributed by atoms with Gasteiger partial charge in [0, 0.05) is 11.6 Å². The van der Waals surface area contributed by atoms with Gasteiger partial charge in [0.25, 0.3) is 0 Å². The van der Waals surface area contributed by atoms with Crippen molar-refractivity contribution >= 4 is 17.8 Å². The lowest BCUT2D eigenvalue weighted by Crippen LogP contribution is -2.23. The molecular weight excluding hydrogens is 332 g/mol. The quantitative estimate of drug-likeness (QED) is 0.465. The van der Waals surface area contributed by atoms with E-state index in [4.69, 9.17) is 9.47 Å². The van der Waals surface area contributed by atoms with Crippen LogP contribution < -0.4 is 4.74 Å². The van der Waals surface area contributed by atoms with Crippen LogP contribution >= 0.6 is 0 Å². The number of Topliss-reactive ketones (excluding diaryl/α,β-unsaturated/α-hetero) is 1. The van der Waals surface area contributed by atoms with Gasteiger partial charge in [-0.05, 0) is 42.7 Å². The van der Waals surface area contributed by atoms with Gasteiger partial charge in [-0.2, -0.15) is 0 Å². The summed E-state index contributed by atoms with van der Waals surface area (Å²) in [5.74, 6) is -0.552. The summed E-state index contributed by atoms with van der Waals surface area (Å²) in [6.07, 6.45) is 2.77. The average molecular weight is 354 g/mol. The van der Waals surface area contributed by atoms with Crippen LogP contribution in [0.2, 0.25) is 0 Å². The summed E-state index contributed by atoms with van der Waals surface area (Å²) in [7, 11) is 1.44. The summed E-state index contributed by atoms with van der Waals surface area (Å²) < 4.78 is 10.2. The Hall–Kier alpha value is -3.08. The maximum absolute atomic E-state index is 12.3. The smallest absolute Gasteiger partial charge is 0.331 e. The van der Waals surface area contributed by atoms with Crippen LogP contribution in [0.15, 0.2) is 48.5 Å². The molecule has 2 aromatic rings. The molecule has 0 bridgehead atoms. The molecule has 136 valence electrons. The van der Waals surface area contributed by atoms with Crippen LogP contribution in [-0.4, -0.2) is 30.1 Å². The molecule has 0 aromatic heterocycles. The standard InChI is InChI=1S/C21H22O5/c1-4-15-5-9-17(10-6-15)21(24)14(2)26-20(23)12-8-16-7-11-18(22)19(13-16)25-3/h5-14,22H,4H2,1-3H3/b12-8+/t14-/m1/s1. The molecule has 5 nitrogen and oxygen atoms in total. The van der Waals surface area contributed by atoms with Crippen molar-refractivity contribution in [3.63, 3.8) is 0 Å². The van der Waals surface area contributed by atoms with E-state index in [1.807, 2.05) is 19.1 Å². The van der Waals surface area contributed by atoms with Gasteiger partial charge in [0.2, 0.25) is 5.78 Å². The van der Waals surface area contributed by atoms with Gasteiger partial charge in [0.1, 0.15) is 0 Å². The van der Waals surface area contributed by atoms with Crippen LogP contribution in [-0.2, 0) is 16.0 Å². The molecule has 0 saturated heterocycles. The van der Waals surface area contributed by atoms with Crippen LogP contribution in [0.1, 0.15) is 35.3 Å². The Morgan fingerprint density at radius 2 is 1.85 bits per heavy atom. The third-order valence-corrected chi connectivity index (χ3v) is 3.92. The van der Waals surface area contributed by atoms with Crippen LogP contribution in [0, 0.1) is 0 Å². The lowest BCUT2D eigenvalue weighted by atomic mass is 10.0. The minimum absolute atomic E-state index is 0.0144. The van der Waals surface area contributed by atoms with Gasteiger partial charge in [0.15, 0.2) is 17.6 Å². The maximum atomic E-state index is 12.3. The fourth-order valence-corrected chi connectivity index (χ4v) is 2.37. The summed E-state index contributed by atoms with van der Waals surface area (Å²) >= 11 is 0. The first-order chi connectivity index (χ1) is 12.4. The highest BCUT2D eigenvalue weighted by Crippen LogP contribution is 2.26. The zero-order valence-corrected chi connectivity index (χ0v) is 15.1. The van der Waals surface area contributed by atoms with Crippen LogP contribution in [0.25, 0.3) is 6.08 Å². The molecule has 0 heterocycles. The number of benzene rings is 2. The molecule has 0 radical (unpaired) electrons. The van der Waals surface area contributed by atoms with E-state index in [-0.39, 0.29) is 11.5 Å². The molecule has 26 heavy (non-hydrogen) atoms. The van der Waals surface area contributed by atoms with Crippen molar-refractivity contribution in [3.8, 4) is 11.5 Å². The molecule has 0 aliphatic heterocycles. The first-order valence-corrected chi connectivity index (χ1v) is 8.33. The summed E-state index contributed by atoms with van der Waals surface area (Å²) in [6, 6.07) is 11.9. The monoisotopic (exact) mass is 354 g/mol. The van der Waals surface area contributed by atoms with Crippen molar-refractivity contribution in [2.75, 3.05) is 7.11 Å². The number of hydrogen-bond acceptors (Lipinski definition) is 5. The van der Waals surface area contributed by atoms with Crippen molar-refractivity contribution in [1.29, 1.82) is 0 Å². The first-order valence-electron chi connectivity index (χ1n) is 8.33. The van der Waals surface area contributed by atoms with Crippen molar-refractivity contribution in [1.82, 2.24) is 0 Å². The number of rotatable bonds is 7. The fraction of sp³-hybridized carbons (Fsp3) is 0.238. The Labute approximate surface area is 152 Å². The predicted octanol–water partition coefficient (Wildman–Crippen LogP) is 3.79. The summed E-state index contributed by atoms with van der Waals surface area (Å²) in [4.78, 5) is 24.3. The molecule has 0 spiro atoms. The minimum Gasteiger partial charge on any atom is -0.504 e. The number of esters is 1. The summed E-state index contributed by atoms with van der Waals surface area (Å²) in [5.41, 5.74) is 2.30. The lowest BCUT2D eigenvalue weighted by Gasteiger charge is -2.11. The van der Waals surface area contributed by atoms with Gasteiger partial charge in [-0.25, -0.2) is 4.79 Å². The number of ketones is 1. The number of phenols is 1. The van der Waals surface area contributed by atoms with E-state index in [2.05, 4.69) is 0 Å². The Morgan fingerprint density at radius 1 is 1.15 bits per heavy atom. The predicted molar refractivity (Wildman–Crippen MR) is 99.4 cm³/mol. The fourth-order valence-electron chi connectivity index (χ4n) is 2.37. The topological polar surface area (TPSA) is 72.8 Å². The van der Waals surface area contributed by atoms with E-state index in [1.165, 1.54) is 25.3 Å². The molecule has 1 atom stereocenters. The van der Waals surface area contributed by atoms with Crippen molar-refractivity contribution in [3.05, 3.63) is 65.2 Å². The second kappa shape index (κ2) is 8.85. The third-order valence-electron chi connectivity index (χ3n) is 3.92. The molecule has 0 amide bonds. The highest BCUT2D eigenvalue weighted by molar-refractivity contribution is 6.01. The molecule has 0 fully saturated rings. The van der Waals surface area contributed by atoms with E-state index in [0.29, 0.717) is 16.9 Å². The van der Waals surface area contributed by atoms with Gasteiger partial charge in [-0.15, -0.1) is 0 Å². The number of ether oxygens (including phenoxy) is 2. The van der Waals surface area contributed by atoms with E-state index in [1.54, 1.807) is 31.2 Å². The van der Waals surface area contributed by atoms with Crippen LogP contribution in [0.4, 0.5) is 0 Å². The number of phenolic OH excluding ortho intramolecular Hbond substituents is 1. The largest absolute Gasteiger partial charge is 0.504 e. The highest BCUT2D eigenvalue weighted by Gasteiger charge is 2.18. The molecule has 0 unspecified atom stereocenters. The number of carbonyl (C=O) groups is 2. The zero-order valence-electron chi connectivity index (χ0n) is 15.1. The molecule has 2 aromatic carbocycles. The molecule has 0 aliphatic rings. The van der Waals surface area contributed by atoms with Crippen molar-refractivity contribution < 1.29 is 24.2 Å². The van der Waals surface area contributed by atoms with E-state index < -0.39 is 12.1 Å². The molecule has 2 rings (SSSR count). The number of methoxy groups -OCH3 is 1. The SMILES string of the molecule is CCc1ccc(C(=O)[C@@H](C)OC(=O)/C=C/c2ccc(O)c(OC)c2)cc1. The summed E-state index contributed by atoms with van der Waals surface area (Å²) in [6.45, 7) is 3.59. The Balaban J connectivity index is 1.98. The van der Waals surface area contributed by atoms with Crippen LogP contribution in [0.3, 0.4) is 0 Å². The first kappa shape index (κ1) is 19.2. The zero-order chi connectivity index (χ0) is 19.1. The van der Waals surface area contributed by atoms with E-state index in [0.717, 1.165) is 12.0 Å². The van der Waals surface area contributed by atoms with Gasteiger partial charge < -0.3 is 14.6 Å². The number of hydrogen-bond donors (Lipinski definition) is 1. The second-order valence-electron chi connectivity index (χ2n) is 5.76. The highest BCUT2D eigenvalue weighted by atomic mass is 16.5.